The lowest BCUT2D eigenvalue weighted by Crippen LogP contribution is -2.60. The average molecular weight is 279 g/mol. The van der Waals surface area contributed by atoms with Crippen molar-refractivity contribution in [3.63, 3.8) is 0 Å². The lowest BCUT2D eigenvalue weighted by molar-refractivity contribution is -0.272. The van der Waals surface area contributed by atoms with Crippen molar-refractivity contribution in [3.05, 3.63) is 0 Å². The molecule has 0 spiro atoms. The monoisotopic (exact) mass is 279 g/mol. The Morgan fingerprint density at radius 2 is 1.94 bits per heavy atom. The molecule has 0 aliphatic carbocycles. The fourth-order valence-corrected chi connectivity index (χ4v) is 2.48. The third-order valence-electron chi connectivity index (χ3n) is 2.69. The quantitative estimate of drug-likeness (QED) is 0.372. The smallest absolute Gasteiger partial charge is 0.411 e. The number of unbranched alkanes of at least 4 members (excludes halogenated alkanes) is 1. The third-order valence-corrected chi connectivity index (χ3v) is 3.43. The lowest BCUT2D eigenvalue weighted by Gasteiger charge is -2.36. The highest BCUT2D eigenvalue weighted by Crippen LogP contribution is 2.18. The molecule has 0 aromatic heterocycles. The predicted molar refractivity (Wildman–Crippen MR) is 71.7 cm³/mol. The van der Waals surface area contributed by atoms with Crippen molar-refractivity contribution in [3.8, 4) is 0 Å². The van der Waals surface area contributed by atoms with Gasteiger partial charge in [0.25, 0.3) is 5.91 Å². The van der Waals surface area contributed by atoms with E-state index in [4.69, 9.17) is 18.9 Å². The van der Waals surface area contributed by atoms with E-state index in [0.717, 1.165) is 29.1 Å². The Hall–Kier alpha value is -0.633. The summed E-state index contributed by atoms with van der Waals surface area (Å²) in [6, 6.07) is 0.757. The first kappa shape index (κ1) is 17.4. The number of hydrogen-bond donors (Lipinski definition) is 1. The molecule has 18 heavy (non-hydrogen) atoms. The summed E-state index contributed by atoms with van der Waals surface area (Å²) in [5.74, 6) is -1.29. The molecule has 108 valence electrons. The highest BCUT2D eigenvalue weighted by Gasteiger charge is 2.41. The highest BCUT2D eigenvalue weighted by molar-refractivity contribution is 6.08. The van der Waals surface area contributed by atoms with Crippen LogP contribution in [0.4, 0.5) is 4.79 Å². The first-order valence-corrected chi connectivity index (χ1v) is 7.59. The molecule has 0 aliphatic heterocycles. The third kappa shape index (κ3) is 4.93. The molecular formula is C11H25NO5Si. The second-order valence-corrected chi connectivity index (χ2v) is 4.64. The van der Waals surface area contributed by atoms with Gasteiger partial charge in [0, 0.05) is 31.6 Å². The van der Waals surface area contributed by atoms with Crippen molar-refractivity contribution in [1.82, 2.24) is 5.32 Å². The summed E-state index contributed by atoms with van der Waals surface area (Å²) in [5, 5.41) is 2.58. The number of ether oxygens (including phenoxy) is 4. The second-order valence-electron chi connectivity index (χ2n) is 3.82. The van der Waals surface area contributed by atoms with Crippen molar-refractivity contribution in [2.75, 3.05) is 27.9 Å². The van der Waals surface area contributed by atoms with Crippen LogP contribution < -0.4 is 5.32 Å². The number of methoxy groups -OCH3 is 3. The normalized spacial score (nSPS) is 13.3. The molecule has 0 saturated carbocycles. The van der Waals surface area contributed by atoms with Crippen LogP contribution in [-0.2, 0) is 18.9 Å². The van der Waals surface area contributed by atoms with E-state index in [0.29, 0.717) is 6.61 Å². The van der Waals surface area contributed by atoms with Gasteiger partial charge in [0.15, 0.2) is 0 Å². The van der Waals surface area contributed by atoms with Gasteiger partial charge in [-0.2, -0.15) is 0 Å². The minimum atomic E-state index is -1.29. The Morgan fingerprint density at radius 1 is 1.33 bits per heavy atom. The van der Waals surface area contributed by atoms with Crippen LogP contribution in [0.3, 0.4) is 0 Å². The van der Waals surface area contributed by atoms with Gasteiger partial charge in [-0.15, -0.1) is 0 Å². The summed E-state index contributed by atoms with van der Waals surface area (Å²) in [6.45, 7) is 2.41. The van der Waals surface area contributed by atoms with E-state index >= 15 is 0 Å². The number of alkyl carbamates (subject to hydrolysis) is 1. The minimum Gasteiger partial charge on any atom is -0.449 e. The zero-order chi connectivity index (χ0) is 14.0. The van der Waals surface area contributed by atoms with Crippen LogP contribution in [0.5, 0.6) is 0 Å². The number of nitrogens with one attached hydrogen (secondary N) is 1. The van der Waals surface area contributed by atoms with E-state index in [1.54, 1.807) is 7.11 Å². The summed E-state index contributed by atoms with van der Waals surface area (Å²) in [6.07, 6.45) is 0.866. The Labute approximate surface area is 112 Å². The van der Waals surface area contributed by atoms with E-state index in [2.05, 4.69) is 5.32 Å². The largest absolute Gasteiger partial charge is 0.449 e. The van der Waals surface area contributed by atoms with Gasteiger partial charge in [-0.25, -0.2) is 4.79 Å². The number of rotatable bonds is 9. The molecule has 6 nitrogen and oxygen atoms in total. The van der Waals surface area contributed by atoms with Crippen molar-refractivity contribution in [2.45, 2.75) is 37.8 Å². The van der Waals surface area contributed by atoms with E-state index in [-0.39, 0.29) is 6.10 Å². The molecular weight excluding hydrogens is 254 g/mol. The molecule has 0 aromatic carbocycles. The molecule has 1 N–H and O–H groups in total. The Bertz CT molecular complexity index is 231. The lowest BCUT2D eigenvalue weighted by atomic mass is 10.3. The van der Waals surface area contributed by atoms with Gasteiger partial charge in [0.05, 0.1) is 6.61 Å². The van der Waals surface area contributed by atoms with Crippen LogP contribution in [0.1, 0.15) is 19.8 Å². The van der Waals surface area contributed by atoms with Gasteiger partial charge in [0.1, 0.15) is 6.10 Å². The van der Waals surface area contributed by atoms with E-state index in [1.807, 2.05) is 6.92 Å². The first-order chi connectivity index (χ1) is 8.60. The molecule has 1 amide bonds. The maximum Gasteiger partial charge on any atom is 0.411 e. The molecule has 0 rings (SSSR count). The van der Waals surface area contributed by atoms with Crippen LogP contribution >= 0.6 is 0 Å². The van der Waals surface area contributed by atoms with Gasteiger partial charge in [0.2, 0.25) is 0 Å². The molecule has 0 bridgehead atoms. The SMILES string of the molecule is CCCCOC(=O)NC(OC)(OC)C(C[SiH3])OC. The van der Waals surface area contributed by atoms with Crippen LogP contribution in [-0.4, -0.2) is 56.3 Å². The van der Waals surface area contributed by atoms with Crippen LogP contribution in [0.15, 0.2) is 0 Å². The maximum atomic E-state index is 11.7. The summed E-state index contributed by atoms with van der Waals surface area (Å²) >= 11 is 0. The van der Waals surface area contributed by atoms with Gasteiger partial charge in [-0.1, -0.05) is 13.3 Å². The molecule has 0 saturated heterocycles. The topological polar surface area (TPSA) is 66.0 Å². The number of carbonyl (C=O) groups is 1. The van der Waals surface area contributed by atoms with Gasteiger partial charge >= 0.3 is 6.09 Å². The zero-order valence-corrected chi connectivity index (χ0v) is 13.9. The zero-order valence-electron chi connectivity index (χ0n) is 11.9. The van der Waals surface area contributed by atoms with Crippen LogP contribution in [0.25, 0.3) is 0 Å². The molecule has 1 unspecified atom stereocenters. The first-order valence-electron chi connectivity index (χ1n) is 6.18. The highest BCUT2D eigenvalue weighted by atomic mass is 28.1. The Kier molecular flexibility index (Phi) is 8.99. The molecule has 0 heterocycles. The summed E-state index contributed by atoms with van der Waals surface area (Å²) in [7, 11) is 5.37. The van der Waals surface area contributed by atoms with Crippen molar-refractivity contribution in [2.24, 2.45) is 0 Å². The molecule has 1 atom stereocenters. The van der Waals surface area contributed by atoms with Crippen LogP contribution in [0, 0.1) is 0 Å². The summed E-state index contributed by atoms with van der Waals surface area (Å²) < 4.78 is 20.9. The van der Waals surface area contributed by atoms with Crippen molar-refractivity contribution in [1.29, 1.82) is 0 Å². The second kappa shape index (κ2) is 9.32. The fraction of sp³-hybridized carbons (Fsp3) is 0.909. The standard InChI is InChI=1S/C11H25NO5Si/c1-5-6-7-17-10(13)12-11(15-3,16-4)9(8-18)14-2/h9H,5-8H2,1-4,18H3,(H,12,13). The Morgan fingerprint density at radius 3 is 2.33 bits per heavy atom. The summed E-state index contributed by atoms with van der Waals surface area (Å²) in [4.78, 5) is 11.7. The Balaban J connectivity index is 4.54. The number of amides is 1. The fourth-order valence-electron chi connectivity index (χ4n) is 1.61. The van der Waals surface area contributed by atoms with Gasteiger partial charge < -0.3 is 18.9 Å². The van der Waals surface area contributed by atoms with Crippen LogP contribution in [0.2, 0.25) is 6.04 Å². The summed E-state index contributed by atoms with van der Waals surface area (Å²) in [5.41, 5.74) is 0. The van der Waals surface area contributed by atoms with Crippen molar-refractivity contribution >= 4 is 16.3 Å². The average Bonchev–Trinajstić information content (AvgIpc) is 2.39. The number of hydrogen-bond acceptors (Lipinski definition) is 5. The minimum absolute atomic E-state index is 0.363. The van der Waals surface area contributed by atoms with E-state index in [1.165, 1.54) is 14.2 Å². The molecule has 0 fully saturated rings. The van der Waals surface area contributed by atoms with Gasteiger partial charge in [-0.3, -0.25) is 5.32 Å². The number of carbonyl (C=O) groups excluding carboxylic acids is 1. The van der Waals surface area contributed by atoms with Crippen molar-refractivity contribution < 1.29 is 23.7 Å². The maximum absolute atomic E-state index is 11.7. The van der Waals surface area contributed by atoms with Gasteiger partial charge in [-0.05, 0) is 12.5 Å². The van der Waals surface area contributed by atoms with E-state index in [9.17, 15) is 4.79 Å². The predicted octanol–water partition coefficient (Wildman–Crippen LogP) is 0.258. The molecule has 0 radical (unpaired) electrons. The molecule has 7 heteroatoms. The van der Waals surface area contributed by atoms with E-state index < -0.39 is 12.0 Å². The molecule has 0 aromatic rings. The molecule has 0 aliphatic rings.